The quantitative estimate of drug-likeness (QED) is 0.894. The van der Waals surface area contributed by atoms with E-state index in [-0.39, 0.29) is 0 Å². The summed E-state index contributed by atoms with van der Waals surface area (Å²) in [7, 11) is 0. The maximum atomic E-state index is 9.95. The zero-order valence-electron chi connectivity index (χ0n) is 12.0. The molecule has 4 rings (SSSR count). The SMILES string of the molecule is ON1CC=CN=C1N1C[C@@H]2C[C@H]1CN2Cc1ccccc1. The van der Waals surface area contributed by atoms with Gasteiger partial charge in [-0.2, -0.15) is 0 Å². The molecule has 0 spiro atoms. The zero-order chi connectivity index (χ0) is 14.2. The van der Waals surface area contributed by atoms with Crippen molar-refractivity contribution in [3.63, 3.8) is 0 Å². The van der Waals surface area contributed by atoms with Gasteiger partial charge < -0.3 is 4.90 Å². The monoisotopic (exact) mass is 284 g/mol. The Labute approximate surface area is 124 Å². The Balaban J connectivity index is 1.44. The summed E-state index contributed by atoms with van der Waals surface area (Å²) in [6.45, 7) is 3.56. The Morgan fingerprint density at radius 2 is 2.00 bits per heavy atom. The predicted molar refractivity (Wildman–Crippen MR) is 80.8 cm³/mol. The van der Waals surface area contributed by atoms with E-state index in [0.717, 1.165) is 19.6 Å². The molecule has 21 heavy (non-hydrogen) atoms. The predicted octanol–water partition coefficient (Wildman–Crippen LogP) is 1.52. The van der Waals surface area contributed by atoms with Crippen LogP contribution in [0.3, 0.4) is 0 Å². The first-order valence-electron chi connectivity index (χ1n) is 7.55. The van der Waals surface area contributed by atoms with Gasteiger partial charge in [0.1, 0.15) is 0 Å². The number of fused-ring (bicyclic) bond motifs is 2. The number of hydroxylamine groups is 2. The number of hydrogen-bond acceptors (Lipinski definition) is 5. The van der Waals surface area contributed by atoms with Crippen molar-refractivity contribution in [2.45, 2.75) is 25.0 Å². The first-order chi connectivity index (χ1) is 10.3. The Hall–Kier alpha value is -1.85. The lowest BCUT2D eigenvalue weighted by Gasteiger charge is -2.38. The molecular formula is C16H20N4O. The molecule has 2 atom stereocenters. The lowest BCUT2D eigenvalue weighted by molar-refractivity contribution is -0.0228. The highest BCUT2D eigenvalue weighted by Crippen LogP contribution is 2.32. The molecule has 2 bridgehead atoms. The van der Waals surface area contributed by atoms with Gasteiger partial charge in [-0.05, 0) is 18.1 Å². The average Bonchev–Trinajstić information content (AvgIpc) is 3.09. The van der Waals surface area contributed by atoms with Crippen molar-refractivity contribution in [2.24, 2.45) is 4.99 Å². The van der Waals surface area contributed by atoms with Gasteiger partial charge in [0.05, 0.1) is 6.54 Å². The maximum Gasteiger partial charge on any atom is 0.226 e. The molecule has 2 saturated heterocycles. The van der Waals surface area contributed by atoms with Gasteiger partial charge in [-0.3, -0.25) is 10.1 Å². The molecule has 5 heteroatoms. The maximum absolute atomic E-state index is 9.95. The smallest absolute Gasteiger partial charge is 0.226 e. The van der Waals surface area contributed by atoms with Crippen LogP contribution >= 0.6 is 0 Å². The van der Waals surface area contributed by atoms with Gasteiger partial charge in [-0.15, -0.1) is 0 Å². The van der Waals surface area contributed by atoms with E-state index in [0.29, 0.717) is 24.6 Å². The van der Waals surface area contributed by atoms with Crippen LogP contribution in [0.2, 0.25) is 0 Å². The van der Waals surface area contributed by atoms with Crippen molar-refractivity contribution in [2.75, 3.05) is 19.6 Å². The molecule has 0 saturated carbocycles. The lowest BCUT2D eigenvalue weighted by atomic mass is 10.2. The highest BCUT2D eigenvalue weighted by atomic mass is 16.5. The van der Waals surface area contributed by atoms with E-state index in [9.17, 15) is 5.21 Å². The van der Waals surface area contributed by atoms with Crippen LogP contribution in [0.4, 0.5) is 0 Å². The number of benzene rings is 1. The van der Waals surface area contributed by atoms with Gasteiger partial charge in [0.2, 0.25) is 5.96 Å². The molecule has 0 amide bonds. The highest BCUT2D eigenvalue weighted by molar-refractivity contribution is 5.81. The summed E-state index contributed by atoms with van der Waals surface area (Å²) in [6.07, 6.45) is 4.82. The molecule has 3 aliphatic heterocycles. The van der Waals surface area contributed by atoms with Crippen LogP contribution in [0, 0.1) is 0 Å². The van der Waals surface area contributed by atoms with Crippen LogP contribution in [0.1, 0.15) is 12.0 Å². The van der Waals surface area contributed by atoms with Crippen molar-refractivity contribution in [1.29, 1.82) is 0 Å². The van der Waals surface area contributed by atoms with Crippen LogP contribution in [0.15, 0.2) is 47.6 Å². The molecule has 5 nitrogen and oxygen atoms in total. The number of piperazine rings is 1. The highest BCUT2D eigenvalue weighted by Gasteiger charge is 2.45. The third-order valence-electron chi connectivity index (χ3n) is 4.64. The first-order valence-corrected chi connectivity index (χ1v) is 7.55. The van der Waals surface area contributed by atoms with Crippen LogP contribution in [-0.4, -0.2) is 57.7 Å². The summed E-state index contributed by atoms with van der Waals surface area (Å²) in [4.78, 5) is 9.15. The summed E-state index contributed by atoms with van der Waals surface area (Å²) >= 11 is 0. The van der Waals surface area contributed by atoms with Crippen LogP contribution < -0.4 is 0 Å². The first kappa shape index (κ1) is 12.9. The van der Waals surface area contributed by atoms with E-state index >= 15 is 0 Å². The van der Waals surface area contributed by atoms with Crippen molar-refractivity contribution in [3.8, 4) is 0 Å². The van der Waals surface area contributed by atoms with Crippen molar-refractivity contribution in [1.82, 2.24) is 14.9 Å². The normalized spacial score (nSPS) is 28.3. The van der Waals surface area contributed by atoms with Crippen molar-refractivity contribution in [3.05, 3.63) is 48.2 Å². The fourth-order valence-corrected chi connectivity index (χ4v) is 3.64. The van der Waals surface area contributed by atoms with Crippen LogP contribution in [-0.2, 0) is 6.54 Å². The van der Waals surface area contributed by atoms with E-state index in [1.807, 2.05) is 6.08 Å². The molecule has 0 aliphatic carbocycles. The Morgan fingerprint density at radius 3 is 2.71 bits per heavy atom. The number of hydrogen-bond donors (Lipinski definition) is 1. The molecule has 1 N–H and O–H groups in total. The van der Waals surface area contributed by atoms with Gasteiger partial charge in [0.15, 0.2) is 0 Å². The van der Waals surface area contributed by atoms with Gasteiger partial charge in [0, 0.05) is 37.9 Å². The van der Waals surface area contributed by atoms with Gasteiger partial charge in [-0.1, -0.05) is 30.3 Å². The van der Waals surface area contributed by atoms with E-state index in [4.69, 9.17) is 0 Å². The van der Waals surface area contributed by atoms with E-state index in [2.05, 4.69) is 45.1 Å². The second-order valence-electron chi connectivity index (χ2n) is 6.01. The average molecular weight is 284 g/mol. The van der Waals surface area contributed by atoms with Crippen molar-refractivity contribution >= 4 is 5.96 Å². The summed E-state index contributed by atoms with van der Waals surface area (Å²) in [5.41, 5.74) is 1.37. The minimum atomic E-state index is 0.471. The number of guanidine groups is 1. The molecule has 3 heterocycles. The van der Waals surface area contributed by atoms with E-state index in [1.165, 1.54) is 17.0 Å². The molecule has 0 aromatic heterocycles. The minimum absolute atomic E-state index is 0.471. The molecule has 3 aliphatic rings. The van der Waals surface area contributed by atoms with E-state index < -0.39 is 0 Å². The largest absolute Gasteiger partial charge is 0.335 e. The topological polar surface area (TPSA) is 42.3 Å². The zero-order valence-corrected chi connectivity index (χ0v) is 12.0. The third kappa shape index (κ3) is 2.32. The third-order valence-corrected chi connectivity index (χ3v) is 4.64. The lowest BCUT2D eigenvalue weighted by Crippen LogP contribution is -2.53. The van der Waals surface area contributed by atoms with Crippen molar-refractivity contribution < 1.29 is 5.21 Å². The molecule has 0 unspecified atom stereocenters. The molecule has 1 aromatic carbocycles. The van der Waals surface area contributed by atoms with Crippen LogP contribution in [0.5, 0.6) is 0 Å². The molecule has 1 aromatic rings. The van der Waals surface area contributed by atoms with Gasteiger partial charge in [-0.25, -0.2) is 10.1 Å². The molecule has 0 radical (unpaired) electrons. The van der Waals surface area contributed by atoms with Crippen LogP contribution in [0.25, 0.3) is 0 Å². The summed E-state index contributed by atoms with van der Waals surface area (Å²) in [5, 5.41) is 11.2. The Morgan fingerprint density at radius 1 is 1.14 bits per heavy atom. The number of rotatable bonds is 2. The molecule has 2 fully saturated rings. The van der Waals surface area contributed by atoms with Gasteiger partial charge in [0.25, 0.3) is 0 Å². The number of aliphatic imine (C=N–C) groups is 1. The number of nitrogens with zero attached hydrogens (tertiary/aromatic N) is 4. The minimum Gasteiger partial charge on any atom is -0.335 e. The second-order valence-corrected chi connectivity index (χ2v) is 6.01. The Kier molecular flexibility index (Phi) is 3.16. The second kappa shape index (κ2) is 5.16. The standard InChI is InChI=1S/C16H20N4O/c21-20-8-4-7-17-16(20)19-12-14-9-15(19)11-18(14)10-13-5-2-1-3-6-13/h1-7,14-15,21H,8-12H2/t14-,15-/m0/s1. The van der Waals surface area contributed by atoms with Gasteiger partial charge >= 0.3 is 0 Å². The van der Waals surface area contributed by atoms with E-state index in [1.54, 1.807) is 6.20 Å². The molecular weight excluding hydrogens is 264 g/mol. The number of likely N-dealkylation sites (tertiary alicyclic amines) is 2. The fraction of sp³-hybridized carbons (Fsp3) is 0.438. The summed E-state index contributed by atoms with van der Waals surface area (Å²) in [6, 6.07) is 11.7. The molecule has 110 valence electrons. The summed E-state index contributed by atoms with van der Waals surface area (Å²) in [5.74, 6) is 0.712. The fourth-order valence-electron chi connectivity index (χ4n) is 3.64. The summed E-state index contributed by atoms with van der Waals surface area (Å²) < 4.78 is 0. The Bertz CT molecular complexity index is 571.